The lowest BCUT2D eigenvalue weighted by molar-refractivity contribution is -0.145. The average molecular weight is 244 g/mol. The van der Waals surface area contributed by atoms with Crippen molar-refractivity contribution in [1.82, 2.24) is 4.90 Å². The monoisotopic (exact) mass is 244 g/mol. The Morgan fingerprint density at radius 2 is 2.19 bits per heavy atom. The number of carbonyl (C=O) groups excluding carboxylic acids is 2. The van der Waals surface area contributed by atoms with Crippen LogP contribution in [-0.2, 0) is 14.3 Å². The summed E-state index contributed by atoms with van der Waals surface area (Å²) in [6.07, 6.45) is 0. The molecule has 0 heterocycles. The molecule has 0 N–H and O–H groups in total. The fourth-order valence-electron chi connectivity index (χ4n) is 1.08. The van der Waals surface area contributed by atoms with Crippen LogP contribution in [0.15, 0.2) is 0 Å². The van der Waals surface area contributed by atoms with Crippen molar-refractivity contribution in [3.05, 3.63) is 0 Å². The number of esters is 1. The molecule has 6 heteroatoms. The first-order valence-electron chi connectivity index (χ1n) is 4.79. The second-order valence-electron chi connectivity index (χ2n) is 3.35. The molecule has 0 aliphatic carbocycles. The first-order chi connectivity index (χ1) is 7.52. The predicted octanol–water partition coefficient (Wildman–Crippen LogP) is 0.511. The summed E-state index contributed by atoms with van der Waals surface area (Å²) < 4.78 is 4.57. The lowest BCUT2D eigenvalue weighted by atomic mass is 10.2. The van der Waals surface area contributed by atoms with Gasteiger partial charge in [-0.1, -0.05) is 6.92 Å². The first-order valence-corrected chi connectivity index (χ1v) is 5.94. The molecule has 90 valence electrons. The highest BCUT2D eigenvalue weighted by Gasteiger charge is 2.18. The Morgan fingerprint density at radius 3 is 2.69 bits per heavy atom. The lowest BCUT2D eigenvalue weighted by Crippen LogP contribution is -2.35. The van der Waals surface area contributed by atoms with Gasteiger partial charge >= 0.3 is 5.97 Å². The van der Waals surface area contributed by atoms with Gasteiger partial charge in [0.05, 0.1) is 30.6 Å². The highest BCUT2D eigenvalue weighted by atomic mass is 32.2. The van der Waals surface area contributed by atoms with Crippen LogP contribution in [-0.4, -0.2) is 49.0 Å². The maximum Gasteiger partial charge on any atom is 0.310 e. The minimum Gasteiger partial charge on any atom is -0.469 e. The lowest BCUT2D eigenvalue weighted by Gasteiger charge is -2.19. The maximum atomic E-state index is 11.5. The summed E-state index contributed by atoms with van der Waals surface area (Å²) in [5, 5.41) is 8.31. The van der Waals surface area contributed by atoms with Crippen molar-refractivity contribution in [1.29, 1.82) is 5.26 Å². The van der Waals surface area contributed by atoms with E-state index in [4.69, 9.17) is 5.26 Å². The number of ether oxygens (including phenoxy) is 1. The van der Waals surface area contributed by atoms with Gasteiger partial charge in [-0.05, 0) is 0 Å². The standard InChI is InChI=1S/C10H16N2O3S/c1-8(10(14)15-3)6-12(2)9(13)7-16-5-4-11/h8H,5-7H2,1-3H3. The van der Waals surface area contributed by atoms with Crippen molar-refractivity contribution in [3.63, 3.8) is 0 Å². The van der Waals surface area contributed by atoms with Crippen LogP contribution in [0.25, 0.3) is 0 Å². The van der Waals surface area contributed by atoms with E-state index in [0.717, 1.165) is 0 Å². The molecular weight excluding hydrogens is 228 g/mol. The molecule has 0 saturated carbocycles. The number of methoxy groups -OCH3 is 1. The van der Waals surface area contributed by atoms with Crippen LogP contribution in [0.5, 0.6) is 0 Å². The number of nitrogens with zero attached hydrogens (tertiary/aromatic N) is 2. The minimum absolute atomic E-state index is 0.0870. The van der Waals surface area contributed by atoms with Crippen LogP contribution in [0.2, 0.25) is 0 Å². The summed E-state index contributed by atoms with van der Waals surface area (Å²) in [5.41, 5.74) is 0. The molecule has 0 aromatic rings. The Bertz CT molecular complexity index is 288. The van der Waals surface area contributed by atoms with Gasteiger partial charge in [-0.2, -0.15) is 5.26 Å². The van der Waals surface area contributed by atoms with Gasteiger partial charge < -0.3 is 9.64 Å². The van der Waals surface area contributed by atoms with E-state index in [9.17, 15) is 9.59 Å². The minimum atomic E-state index is -0.333. The number of amides is 1. The molecule has 0 radical (unpaired) electrons. The van der Waals surface area contributed by atoms with Crippen molar-refractivity contribution in [2.75, 3.05) is 32.2 Å². The van der Waals surface area contributed by atoms with Crippen molar-refractivity contribution in [2.45, 2.75) is 6.92 Å². The van der Waals surface area contributed by atoms with E-state index in [2.05, 4.69) is 4.74 Å². The number of thioether (sulfide) groups is 1. The fraction of sp³-hybridized carbons (Fsp3) is 0.700. The first kappa shape index (κ1) is 14.8. The molecule has 0 aliphatic heterocycles. The predicted molar refractivity (Wildman–Crippen MR) is 61.8 cm³/mol. The van der Waals surface area contributed by atoms with Gasteiger partial charge in [-0.25, -0.2) is 0 Å². The van der Waals surface area contributed by atoms with Crippen molar-refractivity contribution in [3.8, 4) is 6.07 Å². The molecule has 0 aliphatic rings. The molecule has 0 rings (SSSR count). The van der Waals surface area contributed by atoms with Crippen LogP contribution in [0.1, 0.15) is 6.92 Å². The molecule has 0 fully saturated rings. The molecule has 1 atom stereocenters. The SMILES string of the molecule is COC(=O)C(C)CN(C)C(=O)CSCC#N. The zero-order valence-corrected chi connectivity index (χ0v) is 10.5. The van der Waals surface area contributed by atoms with E-state index in [-0.39, 0.29) is 23.5 Å². The Labute approximate surface area is 99.7 Å². The Morgan fingerprint density at radius 1 is 1.56 bits per heavy atom. The Hall–Kier alpha value is -1.22. The van der Waals surface area contributed by atoms with Crippen molar-refractivity contribution in [2.24, 2.45) is 5.92 Å². The van der Waals surface area contributed by atoms with Gasteiger partial charge in [0.1, 0.15) is 0 Å². The van der Waals surface area contributed by atoms with E-state index in [1.807, 2.05) is 6.07 Å². The van der Waals surface area contributed by atoms with Crippen molar-refractivity contribution >= 4 is 23.6 Å². The summed E-state index contributed by atoms with van der Waals surface area (Å²) in [6, 6.07) is 1.95. The molecule has 0 spiro atoms. The molecule has 1 unspecified atom stereocenters. The summed E-state index contributed by atoms with van der Waals surface area (Å²) in [5.74, 6) is -0.190. The Kier molecular flexibility index (Phi) is 7.38. The summed E-state index contributed by atoms with van der Waals surface area (Å²) in [6.45, 7) is 2.04. The second kappa shape index (κ2) is 7.99. The smallest absolute Gasteiger partial charge is 0.310 e. The highest BCUT2D eigenvalue weighted by Crippen LogP contribution is 2.04. The van der Waals surface area contributed by atoms with Crippen LogP contribution in [0, 0.1) is 17.2 Å². The van der Waals surface area contributed by atoms with Gasteiger partial charge in [-0.3, -0.25) is 9.59 Å². The zero-order valence-electron chi connectivity index (χ0n) is 9.73. The number of nitriles is 1. The van der Waals surface area contributed by atoms with Gasteiger partial charge in [-0.15, -0.1) is 11.8 Å². The Balaban J connectivity index is 3.96. The molecule has 0 bridgehead atoms. The summed E-state index contributed by atoms with van der Waals surface area (Å²) >= 11 is 1.26. The van der Waals surface area contributed by atoms with E-state index in [0.29, 0.717) is 12.3 Å². The normalized spacial score (nSPS) is 11.4. The summed E-state index contributed by atoms with van der Waals surface area (Å²) in [7, 11) is 2.96. The van der Waals surface area contributed by atoms with E-state index >= 15 is 0 Å². The number of hydrogen-bond acceptors (Lipinski definition) is 5. The topological polar surface area (TPSA) is 70.4 Å². The third-order valence-corrected chi connectivity index (χ3v) is 2.75. The molecule has 5 nitrogen and oxygen atoms in total. The number of rotatable bonds is 6. The van der Waals surface area contributed by atoms with Crippen LogP contribution in [0.4, 0.5) is 0 Å². The number of carbonyl (C=O) groups is 2. The van der Waals surface area contributed by atoms with E-state index in [1.54, 1.807) is 14.0 Å². The molecule has 0 saturated heterocycles. The average Bonchev–Trinajstić information content (AvgIpc) is 2.27. The second-order valence-corrected chi connectivity index (χ2v) is 4.33. The van der Waals surface area contributed by atoms with Gasteiger partial charge in [0.15, 0.2) is 0 Å². The third kappa shape index (κ3) is 5.61. The van der Waals surface area contributed by atoms with Crippen LogP contribution >= 0.6 is 11.8 Å². The van der Waals surface area contributed by atoms with Crippen LogP contribution in [0.3, 0.4) is 0 Å². The van der Waals surface area contributed by atoms with E-state index < -0.39 is 0 Å². The fourth-order valence-corrected chi connectivity index (χ4v) is 1.67. The molecule has 1 amide bonds. The number of hydrogen-bond donors (Lipinski definition) is 0. The van der Waals surface area contributed by atoms with Crippen molar-refractivity contribution < 1.29 is 14.3 Å². The zero-order chi connectivity index (χ0) is 12.6. The van der Waals surface area contributed by atoms with E-state index in [1.165, 1.54) is 23.8 Å². The molecular formula is C10H16N2O3S. The van der Waals surface area contributed by atoms with Gasteiger partial charge in [0.2, 0.25) is 5.91 Å². The molecule has 0 aromatic carbocycles. The third-order valence-electron chi connectivity index (χ3n) is 1.97. The quantitative estimate of drug-likeness (QED) is 0.503. The molecule has 16 heavy (non-hydrogen) atoms. The highest BCUT2D eigenvalue weighted by molar-refractivity contribution is 8.00. The van der Waals surface area contributed by atoms with Gasteiger partial charge in [0, 0.05) is 13.6 Å². The van der Waals surface area contributed by atoms with Gasteiger partial charge in [0.25, 0.3) is 0 Å². The largest absolute Gasteiger partial charge is 0.469 e. The summed E-state index contributed by atoms with van der Waals surface area (Å²) in [4.78, 5) is 24.1. The molecule has 0 aromatic heterocycles. The van der Waals surface area contributed by atoms with Crippen LogP contribution < -0.4 is 0 Å². The maximum absolute atomic E-state index is 11.5.